The van der Waals surface area contributed by atoms with Gasteiger partial charge in [-0.1, -0.05) is 5.16 Å². The standard InChI is InChI=1S/C12H17N3O3/c1-4-16-7-12(3,13)11-14-10(18-15-11)9-5-8(2)17-6-9/h5-6H,4,7,13H2,1-3H3. The van der Waals surface area contributed by atoms with Crippen LogP contribution in [0, 0.1) is 6.92 Å². The van der Waals surface area contributed by atoms with Crippen molar-refractivity contribution in [2.45, 2.75) is 26.3 Å². The van der Waals surface area contributed by atoms with Gasteiger partial charge in [0.2, 0.25) is 0 Å². The highest BCUT2D eigenvalue weighted by Gasteiger charge is 2.28. The van der Waals surface area contributed by atoms with Gasteiger partial charge in [-0.2, -0.15) is 4.98 Å². The van der Waals surface area contributed by atoms with E-state index >= 15 is 0 Å². The summed E-state index contributed by atoms with van der Waals surface area (Å²) in [7, 11) is 0. The summed E-state index contributed by atoms with van der Waals surface area (Å²) >= 11 is 0. The highest BCUT2D eigenvalue weighted by molar-refractivity contribution is 5.51. The lowest BCUT2D eigenvalue weighted by Gasteiger charge is -2.19. The monoisotopic (exact) mass is 251 g/mol. The van der Waals surface area contributed by atoms with Gasteiger partial charge in [-0.15, -0.1) is 0 Å². The van der Waals surface area contributed by atoms with Crippen LogP contribution in [0.25, 0.3) is 11.5 Å². The summed E-state index contributed by atoms with van der Waals surface area (Å²) in [6.07, 6.45) is 1.57. The Balaban J connectivity index is 2.19. The van der Waals surface area contributed by atoms with Crippen molar-refractivity contribution in [3.05, 3.63) is 23.9 Å². The molecule has 0 spiro atoms. The molecule has 0 aromatic carbocycles. The molecule has 2 aromatic rings. The molecule has 0 fully saturated rings. The van der Waals surface area contributed by atoms with E-state index in [-0.39, 0.29) is 0 Å². The van der Waals surface area contributed by atoms with Gasteiger partial charge < -0.3 is 19.4 Å². The summed E-state index contributed by atoms with van der Waals surface area (Å²) in [5, 5.41) is 3.89. The highest BCUT2D eigenvalue weighted by Crippen LogP contribution is 2.23. The fraction of sp³-hybridized carbons (Fsp3) is 0.500. The Morgan fingerprint density at radius 3 is 2.89 bits per heavy atom. The second-order valence-electron chi connectivity index (χ2n) is 4.42. The van der Waals surface area contributed by atoms with Gasteiger partial charge in [-0.25, -0.2) is 0 Å². The minimum absolute atomic E-state index is 0.340. The summed E-state index contributed by atoms with van der Waals surface area (Å²) in [6, 6.07) is 1.83. The third kappa shape index (κ3) is 2.60. The minimum Gasteiger partial charge on any atom is -0.469 e. The molecule has 2 rings (SSSR count). The molecule has 0 aliphatic rings. The zero-order valence-electron chi connectivity index (χ0n) is 10.8. The normalized spacial score (nSPS) is 14.7. The molecule has 6 heteroatoms. The Bertz CT molecular complexity index is 516. The van der Waals surface area contributed by atoms with Gasteiger partial charge in [0.15, 0.2) is 5.82 Å². The minimum atomic E-state index is -0.767. The molecule has 0 bridgehead atoms. The van der Waals surface area contributed by atoms with E-state index < -0.39 is 5.54 Å². The third-order valence-electron chi connectivity index (χ3n) is 2.52. The molecule has 2 heterocycles. The molecule has 0 aliphatic carbocycles. The molecule has 0 radical (unpaired) electrons. The number of nitrogens with zero attached hydrogens (tertiary/aromatic N) is 2. The Labute approximate surface area is 105 Å². The summed E-state index contributed by atoms with van der Waals surface area (Å²) < 4.78 is 15.7. The molecule has 0 saturated heterocycles. The first-order valence-corrected chi connectivity index (χ1v) is 5.79. The highest BCUT2D eigenvalue weighted by atomic mass is 16.5. The van der Waals surface area contributed by atoms with Crippen molar-refractivity contribution in [2.24, 2.45) is 5.73 Å². The molecule has 2 N–H and O–H groups in total. The molecule has 1 unspecified atom stereocenters. The van der Waals surface area contributed by atoms with Crippen molar-refractivity contribution in [1.82, 2.24) is 10.1 Å². The first-order valence-electron chi connectivity index (χ1n) is 5.79. The number of rotatable bonds is 5. The van der Waals surface area contributed by atoms with Crippen molar-refractivity contribution in [3.63, 3.8) is 0 Å². The molecule has 1 atom stereocenters. The average Bonchev–Trinajstić information content (AvgIpc) is 2.94. The molecular weight excluding hydrogens is 234 g/mol. The van der Waals surface area contributed by atoms with Crippen LogP contribution in [0.2, 0.25) is 0 Å². The number of nitrogens with two attached hydrogens (primary N) is 1. The van der Waals surface area contributed by atoms with Crippen LogP contribution in [0.1, 0.15) is 25.4 Å². The molecule has 6 nitrogen and oxygen atoms in total. The zero-order chi connectivity index (χ0) is 13.2. The lowest BCUT2D eigenvalue weighted by molar-refractivity contribution is 0.0962. The van der Waals surface area contributed by atoms with E-state index in [2.05, 4.69) is 10.1 Å². The van der Waals surface area contributed by atoms with E-state index in [1.165, 1.54) is 0 Å². The van der Waals surface area contributed by atoms with Crippen LogP contribution in [-0.4, -0.2) is 23.4 Å². The maximum Gasteiger partial charge on any atom is 0.261 e. The molecule has 0 saturated carbocycles. The lowest BCUT2D eigenvalue weighted by Crippen LogP contribution is -2.39. The molecule has 18 heavy (non-hydrogen) atoms. The maximum absolute atomic E-state index is 6.09. The van der Waals surface area contributed by atoms with Crippen LogP contribution in [0.3, 0.4) is 0 Å². The number of hydrogen-bond acceptors (Lipinski definition) is 6. The van der Waals surface area contributed by atoms with Crippen LogP contribution in [0.5, 0.6) is 0 Å². The van der Waals surface area contributed by atoms with Crippen LogP contribution in [0.4, 0.5) is 0 Å². The van der Waals surface area contributed by atoms with Gasteiger partial charge in [0.25, 0.3) is 5.89 Å². The van der Waals surface area contributed by atoms with Crippen molar-refractivity contribution < 1.29 is 13.7 Å². The second-order valence-corrected chi connectivity index (χ2v) is 4.42. The number of aromatic nitrogens is 2. The van der Waals surface area contributed by atoms with Gasteiger partial charge >= 0.3 is 0 Å². The van der Waals surface area contributed by atoms with E-state index in [9.17, 15) is 0 Å². The van der Waals surface area contributed by atoms with E-state index in [4.69, 9.17) is 19.4 Å². The van der Waals surface area contributed by atoms with Crippen LogP contribution in [0.15, 0.2) is 21.3 Å². The number of furan rings is 1. The summed E-state index contributed by atoms with van der Waals surface area (Å²) in [5.41, 5.74) is 6.07. The summed E-state index contributed by atoms with van der Waals surface area (Å²) in [4.78, 5) is 4.28. The number of ether oxygens (including phenoxy) is 1. The summed E-state index contributed by atoms with van der Waals surface area (Å²) in [6.45, 7) is 6.50. The van der Waals surface area contributed by atoms with Crippen LogP contribution in [-0.2, 0) is 10.3 Å². The zero-order valence-corrected chi connectivity index (χ0v) is 10.8. The summed E-state index contributed by atoms with van der Waals surface area (Å²) in [5.74, 6) is 1.61. The molecule has 0 amide bonds. The number of hydrogen-bond donors (Lipinski definition) is 1. The SMILES string of the molecule is CCOCC(C)(N)c1noc(-c2coc(C)c2)n1. The van der Waals surface area contributed by atoms with Gasteiger partial charge in [-0.05, 0) is 26.8 Å². The van der Waals surface area contributed by atoms with E-state index in [1.807, 2.05) is 19.9 Å². The Morgan fingerprint density at radius 1 is 1.50 bits per heavy atom. The first kappa shape index (κ1) is 12.8. The molecular formula is C12H17N3O3. The van der Waals surface area contributed by atoms with Crippen LogP contribution >= 0.6 is 0 Å². The number of aryl methyl sites for hydroxylation is 1. The van der Waals surface area contributed by atoms with Crippen LogP contribution < -0.4 is 5.73 Å². The quantitative estimate of drug-likeness (QED) is 0.872. The Morgan fingerprint density at radius 2 is 2.28 bits per heavy atom. The largest absolute Gasteiger partial charge is 0.469 e. The van der Waals surface area contributed by atoms with Gasteiger partial charge in [0, 0.05) is 6.61 Å². The third-order valence-corrected chi connectivity index (χ3v) is 2.52. The van der Waals surface area contributed by atoms with E-state index in [1.54, 1.807) is 13.2 Å². The maximum atomic E-state index is 6.09. The van der Waals surface area contributed by atoms with Crippen molar-refractivity contribution in [3.8, 4) is 11.5 Å². The fourth-order valence-electron chi connectivity index (χ4n) is 1.51. The Kier molecular flexibility index (Phi) is 3.49. The van der Waals surface area contributed by atoms with Crippen molar-refractivity contribution in [1.29, 1.82) is 0 Å². The van der Waals surface area contributed by atoms with E-state index in [0.29, 0.717) is 24.9 Å². The Hall–Kier alpha value is -1.66. The average molecular weight is 251 g/mol. The fourth-order valence-corrected chi connectivity index (χ4v) is 1.51. The van der Waals surface area contributed by atoms with Gasteiger partial charge in [0.05, 0.1) is 12.2 Å². The smallest absolute Gasteiger partial charge is 0.261 e. The van der Waals surface area contributed by atoms with E-state index in [0.717, 1.165) is 11.3 Å². The van der Waals surface area contributed by atoms with Crippen molar-refractivity contribution in [2.75, 3.05) is 13.2 Å². The predicted molar refractivity (Wildman–Crippen MR) is 64.8 cm³/mol. The lowest BCUT2D eigenvalue weighted by atomic mass is 10.1. The second kappa shape index (κ2) is 4.91. The topological polar surface area (TPSA) is 87.3 Å². The molecule has 0 aliphatic heterocycles. The van der Waals surface area contributed by atoms with Gasteiger partial charge in [-0.3, -0.25) is 0 Å². The van der Waals surface area contributed by atoms with Crippen molar-refractivity contribution >= 4 is 0 Å². The van der Waals surface area contributed by atoms with Gasteiger partial charge in [0.1, 0.15) is 17.6 Å². The first-order chi connectivity index (χ1) is 8.53. The molecule has 2 aromatic heterocycles. The molecule has 98 valence electrons. The predicted octanol–water partition coefficient (Wildman–Crippen LogP) is 1.85.